The van der Waals surface area contributed by atoms with Gasteiger partial charge in [-0.2, -0.15) is 0 Å². The molecular weight excluding hydrogens is 226 g/mol. The molecule has 0 fully saturated rings. The summed E-state index contributed by atoms with van der Waals surface area (Å²) < 4.78 is 0. The zero-order valence-electron chi connectivity index (χ0n) is 9.33. The van der Waals surface area contributed by atoms with Crippen LogP contribution in [-0.2, 0) is 4.79 Å². The normalized spacial score (nSPS) is 16.7. The topological polar surface area (TPSA) is 45.2 Å². The Balaban J connectivity index is 2.43. The van der Waals surface area contributed by atoms with Gasteiger partial charge in [-0.05, 0) is 25.5 Å². The van der Waals surface area contributed by atoms with Gasteiger partial charge in [0.1, 0.15) is 5.15 Å². The second kappa shape index (κ2) is 4.29. The number of pyridine rings is 1. The molecule has 5 heteroatoms. The highest BCUT2D eigenvalue weighted by molar-refractivity contribution is 6.29. The van der Waals surface area contributed by atoms with Gasteiger partial charge in [-0.1, -0.05) is 18.5 Å². The van der Waals surface area contributed by atoms with Crippen LogP contribution in [0.1, 0.15) is 20.3 Å². The van der Waals surface area contributed by atoms with Crippen LogP contribution < -0.4 is 10.2 Å². The minimum Gasteiger partial charge on any atom is -0.343 e. The van der Waals surface area contributed by atoms with Gasteiger partial charge in [-0.15, -0.1) is 0 Å². The van der Waals surface area contributed by atoms with Crippen molar-refractivity contribution in [2.24, 2.45) is 0 Å². The van der Waals surface area contributed by atoms with E-state index in [1.807, 2.05) is 4.90 Å². The summed E-state index contributed by atoms with van der Waals surface area (Å²) in [5.74, 6) is 0.762. The van der Waals surface area contributed by atoms with Crippen molar-refractivity contribution < 1.29 is 4.79 Å². The number of nitrogens with zero attached hydrogens (tertiary/aromatic N) is 2. The van der Waals surface area contributed by atoms with E-state index in [1.54, 1.807) is 12.1 Å². The third-order valence-corrected chi connectivity index (χ3v) is 3.03. The van der Waals surface area contributed by atoms with E-state index in [4.69, 9.17) is 11.6 Å². The van der Waals surface area contributed by atoms with E-state index < -0.39 is 0 Å². The smallest absolute Gasteiger partial charge is 0.244 e. The summed E-state index contributed by atoms with van der Waals surface area (Å²) in [6, 6.07) is 3.74. The molecule has 0 saturated carbocycles. The lowest BCUT2D eigenvalue weighted by Gasteiger charge is -2.34. The fraction of sp³-hybridized carbons (Fsp3) is 0.455. The lowest BCUT2D eigenvalue weighted by atomic mass is 10.2. The van der Waals surface area contributed by atoms with Crippen molar-refractivity contribution >= 4 is 29.0 Å². The molecule has 0 aromatic carbocycles. The van der Waals surface area contributed by atoms with Crippen molar-refractivity contribution in [3.8, 4) is 0 Å². The third kappa shape index (κ3) is 1.97. The van der Waals surface area contributed by atoms with E-state index in [1.165, 1.54) is 0 Å². The fourth-order valence-corrected chi connectivity index (χ4v) is 1.89. The van der Waals surface area contributed by atoms with E-state index in [2.05, 4.69) is 24.1 Å². The van der Waals surface area contributed by atoms with Crippen molar-refractivity contribution in [1.82, 2.24) is 4.98 Å². The Bertz CT molecular complexity index is 422. The number of aromatic nitrogens is 1. The van der Waals surface area contributed by atoms with Crippen LogP contribution in [0.2, 0.25) is 5.15 Å². The predicted octanol–water partition coefficient (Wildman–Crippen LogP) is 2.29. The van der Waals surface area contributed by atoms with Crippen molar-refractivity contribution in [2.45, 2.75) is 26.3 Å². The number of rotatable bonds is 2. The Morgan fingerprint density at radius 1 is 1.62 bits per heavy atom. The highest BCUT2D eigenvalue weighted by Crippen LogP contribution is 2.30. The molecular formula is C11H14ClN3O. The Hall–Kier alpha value is -1.29. The molecule has 0 aliphatic carbocycles. The molecule has 86 valence electrons. The first-order chi connectivity index (χ1) is 7.61. The lowest BCUT2D eigenvalue weighted by Crippen LogP contribution is -2.43. The number of amides is 1. The highest BCUT2D eigenvalue weighted by Gasteiger charge is 2.26. The molecule has 1 aliphatic rings. The Morgan fingerprint density at radius 3 is 3.06 bits per heavy atom. The lowest BCUT2D eigenvalue weighted by molar-refractivity contribution is -0.115. The maximum atomic E-state index is 11.5. The Kier molecular flexibility index (Phi) is 3.01. The van der Waals surface area contributed by atoms with E-state index in [9.17, 15) is 4.79 Å². The molecule has 0 saturated heterocycles. The number of halogens is 1. The van der Waals surface area contributed by atoms with Crippen LogP contribution in [-0.4, -0.2) is 23.5 Å². The van der Waals surface area contributed by atoms with Crippen LogP contribution in [0.5, 0.6) is 0 Å². The molecule has 1 aliphatic heterocycles. The zero-order valence-corrected chi connectivity index (χ0v) is 10.1. The van der Waals surface area contributed by atoms with Crippen LogP contribution in [0.15, 0.2) is 12.1 Å². The number of carbonyl (C=O) groups is 1. The van der Waals surface area contributed by atoms with E-state index in [-0.39, 0.29) is 11.9 Å². The summed E-state index contributed by atoms with van der Waals surface area (Å²) in [6.07, 6.45) is 0.959. The van der Waals surface area contributed by atoms with Crippen molar-refractivity contribution in [1.29, 1.82) is 0 Å². The summed E-state index contributed by atoms with van der Waals surface area (Å²) in [7, 11) is 0. The minimum absolute atomic E-state index is 0.00285. The minimum atomic E-state index is -0.00285. The third-order valence-electron chi connectivity index (χ3n) is 2.82. The van der Waals surface area contributed by atoms with E-state index in [0.29, 0.717) is 11.7 Å². The number of anilines is 2. The van der Waals surface area contributed by atoms with Gasteiger partial charge in [0.05, 0.1) is 12.2 Å². The molecule has 1 aromatic heterocycles. The predicted molar refractivity (Wildman–Crippen MR) is 65.0 cm³/mol. The number of fused-ring (bicyclic) bond motifs is 1. The summed E-state index contributed by atoms with van der Waals surface area (Å²) >= 11 is 5.88. The van der Waals surface area contributed by atoms with E-state index >= 15 is 0 Å². The number of carbonyl (C=O) groups excluding carboxylic acids is 1. The molecule has 1 amide bonds. The molecule has 16 heavy (non-hydrogen) atoms. The quantitative estimate of drug-likeness (QED) is 0.806. The maximum absolute atomic E-state index is 11.5. The SMILES string of the molecule is CCC(C)N1CC(=O)Nc2ccc(Cl)nc21. The molecule has 0 radical (unpaired) electrons. The van der Waals surface area contributed by atoms with Crippen molar-refractivity contribution in [3.05, 3.63) is 17.3 Å². The van der Waals surface area contributed by atoms with Gasteiger partial charge in [0.2, 0.25) is 5.91 Å². The number of nitrogens with one attached hydrogen (secondary N) is 1. The zero-order chi connectivity index (χ0) is 11.7. The monoisotopic (exact) mass is 239 g/mol. The number of hydrogen-bond acceptors (Lipinski definition) is 3. The standard InChI is InChI=1S/C11H14ClN3O/c1-3-7(2)15-6-10(16)13-8-4-5-9(12)14-11(8)15/h4-5,7H,3,6H2,1-2H3,(H,13,16). The fourth-order valence-electron chi connectivity index (χ4n) is 1.75. The van der Waals surface area contributed by atoms with Gasteiger partial charge in [-0.25, -0.2) is 4.98 Å². The Morgan fingerprint density at radius 2 is 2.38 bits per heavy atom. The summed E-state index contributed by atoms with van der Waals surface area (Å²) in [4.78, 5) is 17.8. The average Bonchev–Trinajstić information content (AvgIpc) is 2.27. The second-order valence-corrected chi connectivity index (χ2v) is 4.33. The van der Waals surface area contributed by atoms with Crippen molar-refractivity contribution in [2.75, 3.05) is 16.8 Å². The van der Waals surface area contributed by atoms with E-state index in [0.717, 1.165) is 17.9 Å². The van der Waals surface area contributed by atoms with Gasteiger partial charge in [0.25, 0.3) is 0 Å². The summed E-state index contributed by atoms with van der Waals surface area (Å²) in [6.45, 7) is 4.50. The van der Waals surface area contributed by atoms with Gasteiger partial charge < -0.3 is 10.2 Å². The molecule has 1 atom stereocenters. The van der Waals surface area contributed by atoms with Crippen molar-refractivity contribution in [3.63, 3.8) is 0 Å². The molecule has 1 unspecified atom stereocenters. The molecule has 0 spiro atoms. The highest BCUT2D eigenvalue weighted by atomic mass is 35.5. The largest absolute Gasteiger partial charge is 0.343 e. The van der Waals surface area contributed by atoms with Crippen LogP contribution in [0.3, 0.4) is 0 Å². The Labute approximate surface area is 99.6 Å². The average molecular weight is 240 g/mol. The van der Waals surface area contributed by atoms with Gasteiger partial charge in [0, 0.05) is 6.04 Å². The molecule has 4 nitrogen and oxygen atoms in total. The van der Waals surface area contributed by atoms with Gasteiger partial charge >= 0.3 is 0 Å². The van der Waals surface area contributed by atoms with Crippen LogP contribution in [0.4, 0.5) is 11.5 Å². The van der Waals surface area contributed by atoms with Crippen LogP contribution in [0, 0.1) is 0 Å². The molecule has 2 heterocycles. The summed E-state index contributed by atoms with van der Waals surface area (Å²) in [5.41, 5.74) is 0.737. The van der Waals surface area contributed by atoms with Gasteiger partial charge in [0.15, 0.2) is 5.82 Å². The first kappa shape index (κ1) is 11.2. The second-order valence-electron chi connectivity index (χ2n) is 3.94. The first-order valence-electron chi connectivity index (χ1n) is 5.35. The molecule has 1 N–H and O–H groups in total. The molecule has 2 rings (SSSR count). The summed E-state index contributed by atoms with van der Waals surface area (Å²) in [5, 5.41) is 3.24. The molecule has 0 bridgehead atoms. The molecule has 1 aromatic rings. The van der Waals surface area contributed by atoms with Gasteiger partial charge in [-0.3, -0.25) is 4.79 Å². The van der Waals surface area contributed by atoms with Crippen LogP contribution in [0.25, 0.3) is 0 Å². The first-order valence-corrected chi connectivity index (χ1v) is 5.72. The number of hydrogen-bond donors (Lipinski definition) is 1. The van der Waals surface area contributed by atoms with Crippen LogP contribution >= 0.6 is 11.6 Å². The maximum Gasteiger partial charge on any atom is 0.244 e.